The fraction of sp³-hybridized carbons (Fsp3) is 0.258. The fourth-order valence-electron chi connectivity index (χ4n) is 5.36. The Morgan fingerprint density at radius 1 is 1.06 bits per heavy atom. The van der Waals surface area contributed by atoms with Crippen molar-refractivity contribution in [3.63, 3.8) is 0 Å². The van der Waals surface area contributed by atoms with E-state index >= 15 is 0 Å². The molecule has 5 rings (SSSR count). The summed E-state index contributed by atoms with van der Waals surface area (Å²) < 4.78 is 8.05. The van der Waals surface area contributed by atoms with Gasteiger partial charge in [0.15, 0.2) is 0 Å². The highest BCUT2D eigenvalue weighted by molar-refractivity contribution is 6.02. The molecule has 1 aliphatic carbocycles. The third-order valence-electron chi connectivity index (χ3n) is 7.03. The second-order valence-corrected chi connectivity index (χ2v) is 9.18. The topological polar surface area (TPSA) is 51.5 Å². The van der Waals surface area contributed by atoms with Gasteiger partial charge in [0.1, 0.15) is 5.75 Å². The number of aromatic carboxylic acids is 1. The predicted molar refractivity (Wildman–Crippen MR) is 141 cm³/mol. The normalized spacial score (nSPS) is 12.9. The van der Waals surface area contributed by atoms with Gasteiger partial charge >= 0.3 is 5.97 Å². The van der Waals surface area contributed by atoms with Crippen molar-refractivity contribution in [2.24, 2.45) is 0 Å². The minimum atomic E-state index is -0.900. The van der Waals surface area contributed by atoms with E-state index in [0.29, 0.717) is 12.1 Å². The lowest BCUT2D eigenvalue weighted by atomic mass is 9.84. The Kier molecular flexibility index (Phi) is 6.45. The maximum absolute atomic E-state index is 11.9. The van der Waals surface area contributed by atoms with Crippen molar-refractivity contribution in [2.75, 3.05) is 7.11 Å². The molecule has 0 spiro atoms. The van der Waals surface area contributed by atoms with E-state index in [1.165, 1.54) is 33.5 Å². The maximum atomic E-state index is 11.9. The third kappa shape index (κ3) is 4.25. The smallest absolute Gasteiger partial charge is 0.335 e. The summed E-state index contributed by atoms with van der Waals surface area (Å²) >= 11 is 0. The molecule has 1 aromatic heterocycles. The first-order valence-corrected chi connectivity index (χ1v) is 12.4. The van der Waals surface area contributed by atoms with E-state index in [9.17, 15) is 9.90 Å². The summed E-state index contributed by atoms with van der Waals surface area (Å²) in [6, 6.07) is 22.3. The Balaban J connectivity index is 1.79. The van der Waals surface area contributed by atoms with Crippen LogP contribution in [0.4, 0.5) is 0 Å². The lowest BCUT2D eigenvalue weighted by Crippen LogP contribution is -2.08. The van der Waals surface area contributed by atoms with E-state index in [-0.39, 0.29) is 0 Å². The molecule has 0 saturated heterocycles. The quantitative estimate of drug-likeness (QED) is 0.301. The number of rotatable bonds is 8. The van der Waals surface area contributed by atoms with Crippen molar-refractivity contribution in [3.8, 4) is 5.75 Å². The number of carboxylic acid groups (broad SMARTS) is 1. The molecule has 35 heavy (non-hydrogen) atoms. The predicted octanol–water partition coefficient (Wildman–Crippen LogP) is 7.12. The molecule has 1 N–H and O–H groups in total. The number of ether oxygens (including phenoxy) is 1. The molecular weight excluding hydrogens is 434 g/mol. The Morgan fingerprint density at radius 2 is 1.89 bits per heavy atom. The van der Waals surface area contributed by atoms with Crippen LogP contribution in [0.5, 0.6) is 5.75 Å². The first kappa shape index (κ1) is 23.0. The zero-order valence-electron chi connectivity index (χ0n) is 20.4. The Morgan fingerprint density at radius 3 is 2.63 bits per heavy atom. The summed E-state index contributed by atoms with van der Waals surface area (Å²) in [5.74, 6) is 0.0346. The monoisotopic (exact) mass is 465 g/mol. The molecule has 0 bridgehead atoms. The van der Waals surface area contributed by atoms with E-state index in [2.05, 4.69) is 54.0 Å². The highest BCUT2D eigenvalue weighted by Crippen LogP contribution is 2.42. The SMILES string of the molecule is CCCCc1c(C2=CCCc3c(OC)cccc32)c2ccc(C(=O)O)cc2n1Cc1ccccc1. The number of aromatic nitrogens is 1. The molecule has 178 valence electrons. The highest BCUT2D eigenvalue weighted by Gasteiger charge is 2.25. The second-order valence-electron chi connectivity index (χ2n) is 9.18. The van der Waals surface area contributed by atoms with Crippen LogP contribution in [0.1, 0.15) is 64.5 Å². The lowest BCUT2D eigenvalue weighted by Gasteiger charge is -2.22. The fourth-order valence-corrected chi connectivity index (χ4v) is 5.36. The molecule has 0 atom stereocenters. The van der Waals surface area contributed by atoms with Gasteiger partial charge in [-0.2, -0.15) is 0 Å². The number of unbranched alkanes of at least 4 members (excludes halogenated alkanes) is 1. The van der Waals surface area contributed by atoms with Crippen molar-refractivity contribution >= 4 is 22.4 Å². The van der Waals surface area contributed by atoms with E-state index < -0.39 is 5.97 Å². The molecule has 0 saturated carbocycles. The van der Waals surface area contributed by atoms with Gasteiger partial charge in [0.05, 0.1) is 18.2 Å². The zero-order chi connectivity index (χ0) is 24.4. The number of nitrogens with zero attached hydrogens (tertiary/aromatic N) is 1. The van der Waals surface area contributed by atoms with Gasteiger partial charge in [-0.25, -0.2) is 4.79 Å². The minimum absolute atomic E-state index is 0.317. The number of allylic oxidation sites excluding steroid dienone is 1. The number of carboxylic acids is 1. The molecule has 0 radical (unpaired) electrons. The van der Waals surface area contributed by atoms with Crippen LogP contribution < -0.4 is 4.74 Å². The molecule has 0 fully saturated rings. The van der Waals surface area contributed by atoms with Crippen LogP contribution in [-0.2, 0) is 19.4 Å². The maximum Gasteiger partial charge on any atom is 0.335 e. The van der Waals surface area contributed by atoms with Crippen molar-refractivity contribution in [3.05, 3.63) is 106 Å². The third-order valence-corrected chi connectivity index (χ3v) is 7.03. The summed E-state index contributed by atoms with van der Waals surface area (Å²) in [6.45, 7) is 2.92. The number of methoxy groups -OCH3 is 1. The Labute approximate surface area is 206 Å². The molecular formula is C31H31NO3. The van der Waals surface area contributed by atoms with Gasteiger partial charge in [-0.3, -0.25) is 0 Å². The minimum Gasteiger partial charge on any atom is -0.496 e. The van der Waals surface area contributed by atoms with Crippen molar-refractivity contribution in [1.29, 1.82) is 0 Å². The van der Waals surface area contributed by atoms with Crippen LogP contribution in [0.25, 0.3) is 16.5 Å². The molecule has 4 heteroatoms. The molecule has 0 unspecified atom stereocenters. The molecule has 3 aromatic carbocycles. The van der Waals surface area contributed by atoms with Crippen LogP contribution in [0.2, 0.25) is 0 Å². The summed E-state index contributed by atoms with van der Waals surface area (Å²) in [5, 5.41) is 10.9. The summed E-state index contributed by atoms with van der Waals surface area (Å²) in [4.78, 5) is 11.9. The lowest BCUT2D eigenvalue weighted by molar-refractivity contribution is 0.0697. The standard InChI is InChI=1S/C31H31NO3/c1-3-4-15-27-30(25-14-8-13-24-23(25)12-9-16-29(24)35-2)26-18-17-22(31(33)34)19-28(26)32(27)20-21-10-6-5-7-11-21/h5-7,9-12,14,16-19H,3-4,8,13,15,20H2,1-2H3,(H,33,34). The molecule has 4 aromatic rings. The van der Waals surface area contributed by atoms with Gasteiger partial charge in [-0.05, 0) is 60.6 Å². The van der Waals surface area contributed by atoms with Gasteiger partial charge in [0.25, 0.3) is 0 Å². The van der Waals surface area contributed by atoms with E-state index in [4.69, 9.17) is 4.74 Å². The number of hydrogen-bond acceptors (Lipinski definition) is 2. The van der Waals surface area contributed by atoms with Crippen molar-refractivity contribution in [1.82, 2.24) is 4.57 Å². The van der Waals surface area contributed by atoms with Gasteiger partial charge in [-0.1, -0.05) is 68.0 Å². The van der Waals surface area contributed by atoms with Crippen LogP contribution in [0.15, 0.2) is 72.8 Å². The Bertz CT molecular complexity index is 1410. The number of carbonyl (C=O) groups is 1. The Hall–Kier alpha value is -3.79. The summed E-state index contributed by atoms with van der Waals surface area (Å²) in [7, 11) is 1.74. The van der Waals surface area contributed by atoms with Crippen molar-refractivity contribution < 1.29 is 14.6 Å². The molecule has 0 aliphatic heterocycles. The van der Waals surface area contributed by atoms with Gasteiger partial charge in [-0.15, -0.1) is 0 Å². The number of fused-ring (bicyclic) bond motifs is 2. The van der Waals surface area contributed by atoms with E-state index in [1.54, 1.807) is 13.2 Å². The molecule has 0 amide bonds. The molecule has 1 aliphatic rings. The summed E-state index contributed by atoms with van der Waals surface area (Å²) in [6.07, 6.45) is 7.36. The second kappa shape index (κ2) is 9.83. The molecule has 4 nitrogen and oxygen atoms in total. The van der Waals surface area contributed by atoms with Crippen LogP contribution >= 0.6 is 0 Å². The highest BCUT2D eigenvalue weighted by atomic mass is 16.5. The van der Waals surface area contributed by atoms with Crippen LogP contribution in [-0.4, -0.2) is 22.8 Å². The van der Waals surface area contributed by atoms with Crippen molar-refractivity contribution in [2.45, 2.75) is 45.6 Å². The summed E-state index contributed by atoms with van der Waals surface area (Å²) in [5.41, 5.74) is 8.70. The zero-order valence-corrected chi connectivity index (χ0v) is 20.4. The average molecular weight is 466 g/mol. The first-order chi connectivity index (χ1) is 17.1. The van der Waals surface area contributed by atoms with Crippen LogP contribution in [0, 0.1) is 0 Å². The van der Waals surface area contributed by atoms with Gasteiger partial charge in [0.2, 0.25) is 0 Å². The largest absolute Gasteiger partial charge is 0.496 e. The average Bonchev–Trinajstić information content (AvgIpc) is 3.19. The van der Waals surface area contributed by atoms with E-state index in [0.717, 1.165) is 48.8 Å². The first-order valence-electron chi connectivity index (χ1n) is 12.4. The number of hydrogen-bond donors (Lipinski definition) is 1. The van der Waals surface area contributed by atoms with Gasteiger partial charge < -0.3 is 14.4 Å². The van der Waals surface area contributed by atoms with E-state index in [1.807, 2.05) is 24.3 Å². The number of benzene rings is 3. The molecule has 1 heterocycles. The van der Waals surface area contributed by atoms with Crippen LogP contribution in [0.3, 0.4) is 0 Å². The van der Waals surface area contributed by atoms with Gasteiger partial charge in [0, 0.05) is 28.8 Å².